The molecule has 0 bridgehead atoms. The average Bonchev–Trinajstić information content (AvgIpc) is 2.55. The number of carbonyl (C=O) groups is 1. The van der Waals surface area contributed by atoms with E-state index in [0.717, 1.165) is 4.47 Å². The Kier molecular flexibility index (Phi) is 5.83. The Morgan fingerprint density at radius 3 is 2.50 bits per heavy atom. The van der Waals surface area contributed by atoms with Gasteiger partial charge in [-0.2, -0.15) is 0 Å². The number of halogens is 1. The van der Waals surface area contributed by atoms with Gasteiger partial charge in [-0.1, -0.05) is 15.9 Å². The molecule has 0 aliphatic carbocycles. The fourth-order valence-electron chi connectivity index (χ4n) is 1.84. The highest BCUT2D eigenvalue weighted by molar-refractivity contribution is 9.10. The Bertz CT molecular complexity index is 796. The number of amides is 1. The van der Waals surface area contributed by atoms with Crippen molar-refractivity contribution in [2.45, 2.75) is 0 Å². The van der Waals surface area contributed by atoms with Crippen molar-refractivity contribution >= 4 is 50.5 Å². The molecule has 0 heterocycles. The fraction of sp³-hybridized carbons (Fsp3) is 0.0667. The van der Waals surface area contributed by atoms with Crippen LogP contribution in [0, 0.1) is 10.1 Å². The zero-order valence-electron chi connectivity index (χ0n) is 12.4. The molecule has 2 aromatic rings. The van der Waals surface area contributed by atoms with E-state index in [2.05, 4.69) is 26.6 Å². The number of hydrogen-bond donors (Lipinski definition) is 2. The number of nitrogens with one attached hydrogen (secondary N) is 2. The molecule has 0 spiro atoms. The van der Waals surface area contributed by atoms with Gasteiger partial charge in [-0.05, 0) is 42.5 Å². The van der Waals surface area contributed by atoms with Crippen LogP contribution in [-0.2, 0) is 0 Å². The van der Waals surface area contributed by atoms with Gasteiger partial charge in [0, 0.05) is 22.2 Å². The van der Waals surface area contributed by atoms with Gasteiger partial charge in [-0.3, -0.25) is 20.2 Å². The standard InChI is InChI=1S/C15H12BrN3O4S/c1-23-13-7-6-11(19(21)22)8-12(13)17-15(24)18-14(20)9-2-4-10(16)5-3-9/h2-8H,1H3,(H2,17,18,20,24). The second kappa shape index (κ2) is 7.84. The number of non-ortho nitro benzene ring substituents is 1. The predicted octanol–water partition coefficient (Wildman–Crippen LogP) is 3.49. The third-order valence-corrected chi connectivity index (χ3v) is 3.71. The highest BCUT2D eigenvalue weighted by Crippen LogP contribution is 2.28. The van der Waals surface area contributed by atoms with Crippen LogP contribution in [0.3, 0.4) is 0 Å². The number of anilines is 1. The monoisotopic (exact) mass is 409 g/mol. The summed E-state index contributed by atoms with van der Waals surface area (Å²) in [4.78, 5) is 22.4. The van der Waals surface area contributed by atoms with Gasteiger partial charge in [0.1, 0.15) is 5.75 Å². The van der Waals surface area contributed by atoms with Crippen molar-refractivity contribution in [3.8, 4) is 5.75 Å². The lowest BCUT2D eigenvalue weighted by atomic mass is 10.2. The number of benzene rings is 2. The van der Waals surface area contributed by atoms with Gasteiger partial charge in [0.2, 0.25) is 0 Å². The van der Waals surface area contributed by atoms with Crippen molar-refractivity contribution in [1.29, 1.82) is 0 Å². The number of hydrogen-bond acceptors (Lipinski definition) is 5. The van der Waals surface area contributed by atoms with Crippen molar-refractivity contribution in [2.75, 3.05) is 12.4 Å². The lowest BCUT2D eigenvalue weighted by Crippen LogP contribution is -2.34. The largest absolute Gasteiger partial charge is 0.495 e. The zero-order chi connectivity index (χ0) is 17.7. The summed E-state index contributed by atoms with van der Waals surface area (Å²) in [5.41, 5.74) is 0.585. The number of thiocarbonyl (C=S) groups is 1. The third kappa shape index (κ3) is 4.49. The van der Waals surface area contributed by atoms with Crippen molar-refractivity contribution in [3.05, 3.63) is 62.6 Å². The molecule has 2 aromatic carbocycles. The minimum absolute atomic E-state index is 0.00159. The molecule has 0 saturated carbocycles. The number of nitro benzene ring substituents is 1. The number of nitrogens with zero attached hydrogens (tertiary/aromatic N) is 1. The average molecular weight is 410 g/mol. The van der Waals surface area contributed by atoms with E-state index in [1.807, 2.05) is 0 Å². The van der Waals surface area contributed by atoms with Crippen LogP contribution in [0.25, 0.3) is 0 Å². The highest BCUT2D eigenvalue weighted by atomic mass is 79.9. The summed E-state index contributed by atoms with van der Waals surface area (Å²) >= 11 is 8.36. The van der Waals surface area contributed by atoms with Gasteiger partial charge in [0.05, 0.1) is 17.7 Å². The molecule has 24 heavy (non-hydrogen) atoms. The first-order chi connectivity index (χ1) is 11.4. The quantitative estimate of drug-likeness (QED) is 0.455. The van der Waals surface area contributed by atoms with Crippen LogP contribution in [0.15, 0.2) is 46.9 Å². The van der Waals surface area contributed by atoms with Crippen LogP contribution in [0.1, 0.15) is 10.4 Å². The molecule has 2 N–H and O–H groups in total. The molecule has 2 rings (SSSR count). The van der Waals surface area contributed by atoms with E-state index < -0.39 is 10.8 Å². The summed E-state index contributed by atoms with van der Waals surface area (Å²) in [5, 5.41) is 16.1. The number of methoxy groups -OCH3 is 1. The molecule has 0 aliphatic heterocycles. The van der Waals surface area contributed by atoms with Crippen LogP contribution in [0.2, 0.25) is 0 Å². The number of rotatable bonds is 4. The predicted molar refractivity (Wildman–Crippen MR) is 97.5 cm³/mol. The van der Waals surface area contributed by atoms with Gasteiger partial charge in [0.25, 0.3) is 11.6 Å². The topological polar surface area (TPSA) is 93.5 Å². The van der Waals surface area contributed by atoms with Crippen LogP contribution in [0.4, 0.5) is 11.4 Å². The molecular formula is C15H12BrN3O4S. The number of carbonyl (C=O) groups excluding carboxylic acids is 1. The minimum atomic E-state index is -0.534. The first-order valence-electron chi connectivity index (χ1n) is 6.61. The number of nitro groups is 1. The smallest absolute Gasteiger partial charge is 0.271 e. The molecule has 0 radical (unpaired) electrons. The maximum absolute atomic E-state index is 12.1. The minimum Gasteiger partial charge on any atom is -0.495 e. The summed E-state index contributed by atoms with van der Waals surface area (Å²) in [6.07, 6.45) is 0. The maximum Gasteiger partial charge on any atom is 0.271 e. The van der Waals surface area contributed by atoms with Crippen LogP contribution in [-0.4, -0.2) is 23.1 Å². The molecule has 0 unspecified atom stereocenters. The first-order valence-corrected chi connectivity index (χ1v) is 7.81. The molecule has 0 fully saturated rings. The van der Waals surface area contributed by atoms with Gasteiger partial charge in [0.15, 0.2) is 5.11 Å². The first kappa shape index (κ1) is 17.8. The Morgan fingerprint density at radius 2 is 1.92 bits per heavy atom. The summed E-state index contributed by atoms with van der Waals surface area (Å²) < 4.78 is 5.97. The Hall–Kier alpha value is -2.52. The van der Waals surface area contributed by atoms with Crippen molar-refractivity contribution in [2.24, 2.45) is 0 Å². The molecule has 124 valence electrons. The summed E-state index contributed by atoms with van der Waals surface area (Å²) in [6.45, 7) is 0. The van der Waals surface area contributed by atoms with Crippen molar-refractivity contribution < 1.29 is 14.5 Å². The van der Waals surface area contributed by atoms with E-state index in [0.29, 0.717) is 11.3 Å². The summed E-state index contributed by atoms with van der Waals surface area (Å²) in [5.74, 6) is -0.0368. The van der Waals surface area contributed by atoms with E-state index in [1.165, 1.54) is 25.3 Å². The van der Waals surface area contributed by atoms with Gasteiger partial charge in [-0.15, -0.1) is 0 Å². The van der Waals surface area contributed by atoms with E-state index in [4.69, 9.17) is 17.0 Å². The lowest BCUT2D eigenvalue weighted by Gasteiger charge is -2.12. The lowest BCUT2D eigenvalue weighted by molar-refractivity contribution is -0.384. The maximum atomic E-state index is 12.1. The van der Waals surface area contributed by atoms with Gasteiger partial charge < -0.3 is 10.1 Å². The molecule has 0 aliphatic rings. The van der Waals surface area contributed by atoms with E-state index in [9.17, 15) is 14.9 Å². The van der Waals surface area contributed by atoms with E-state index in [1.54, 1.807) is 24.3 Å². The van der Waals surface area contributed by atoms with Crippen LogP contribution < -0.4 is 15.4 Å². The number of ether oxygens (including phenoxy) is 1. The van der Waals surface area contributed by atoms with Crippen LogP contribution >= 0.6 is 28.1 Å². The Morgan fingerprint density at radius 1 is 1.25 bits per heavy atom. The molecule has 7 nitrogen and oxygen atoms in total. The highest BCUT2D eigenvalue weighted by Gasteiger charge is 2.14. The van der Waals surface area contributed by atoms with Crippen LogP contribution in [0.5, 0.6) is 5.75 Å². The third-order valence-electron chi connectivity index (χ3n) is 2.98. The Balaban J connectivity index is 2.11. The molecule has 9 heteroatoms. The molecule has 0 aromatic heterocycles. The molecule has 1 amide bonds. The van der Waals surface area contributed by atoms with E-state index >= 15 is 0 Å². The normalized spacial score (nSPS) is 9.92. The van der Waals surface area contributed by atoms with Gasteiger partial charge >= 0.3 is 0 Å². The van der Waals surface area contributed by atoms with Crippen molar-refractivity contribution in [1.82, 2.24) is 5.32 Å². The molecule has 0 saturated heterocycles. The fourth-order valence-corrected chi connectivity index (χ4v) is 2.30. The molecule has 0 atom stereocenters. The second-order valence-electron chi connectivity index (χ2n) is 4.56. The SMILES string of the molecule is COc1ccc([N+](=O)[O-])cc1NC(=S)NC(=O)c1ccc(Br)cc1. The molecular weight excluding hydrogens is 398 g/mol. The summed E-state index contributed by atoms with van der Waals surface area (Å²) in [7, 11) is 1.43. The van der Waals surface area contributed by atoms with Gasteiger partial charge in [-0.25, -0.2) is 0 Å². The van der Waals surface area contributed by atoms with Crippen molar-refractivity contribution in [3.63, 3.8) is 0 Å². The summed E-state index contributed by atoms with van der Waals surface area (Å²) in [6, 6.07) is 10.8. The zero-order valence-corrected chi connectivity index (χ0v) is 14.8. The second-order valence-corrected chi connectivity index (χ2v) is 5.88. The van der Waals surface area contributed by atoms with E-state index in [-0.39, 0.29) is 16.5 Å². The Labute approximate surface area is 151 Å².